The Labute approximate surface area is 564 Å². The Hall–Kier alpha value is -7.00. The van der Waals surface area contributed by atoms with Crippen LogP contribution in [-0.4, -0.2) is 132 Å². The number of carboxylic acid groups (broad SMARTS) is 1. The highest BCUT2D eigenvalue weighted by Crippen LogP contribution is 2.37. The summed E-state index contributed by atoms with van der Waals surface area (Å²) in [5.74, 6) is -0.720. The third-order valence-corrected chi connectivity index (χ3v) is 17.9. The highest BCUT2D eigenvalue weighted by molar-refractivity contribution is 14.1. The molecule has 6 aromatic heterocycles. The topological polar surface area (TPSA) is 262 Å². The molecule has 2 amide bonds. The van der Waals surface area contributed by atoms with E-state index in [1.807, 2.05) is 131 Å². The van der Waals surface area contributed by atoms with Gasteiger partial charge in [0.2, 0.25) is 17.1 Å². The number of hydrogen-bond donors (Lipinski definition) is 6. The van der Waals surface area contributed by atoms with Gasteiger partial charge in [0.05, 0.1) is 37.2 Å². The van der Waals surface area contributed by atoms with E-state index in [1.54, 1.807) is 34.0 Å². The number of fused-ring (bicyclic) bond motifs is 3. The van der Waals surface area contributed by atoms with E-state index >= 15 is 0 Å². The Balaban J connectivity index is 0.000000144. The van der Waals surface area contributed by atoms with Gasteiger partial charge in [-0.3, -0.25) is 4.79 Å². The van der Waals surface area contributed by atoms with Crippen molar-refractivity contribution in [3.05, 3.63) is 129 Å². The fraction of sp³-hybridized carbons (Fsp3) is 0.455. The Bertz CT molecular complexity index is 3940. The number of ether oxygens (including phenoxy) is 2. The predicted octanol–water partition coefficient (Wildman–Crippen LogP) is 14.0. The van der Waals surface area contributed by atoms with Crippen molar-refractivity contribution in [2.75, 3.05) is 55.6 Å². The maximum absolute atomic E-state index is 12.2. The second-order valence-electron chi connectivity index (χ2n) is 26.2. The summed E-state index contributed by atoms with van der Waals surface area (Å²) in [6.07, 6.45) is 17.0. The lowest BCUT2D eigenvalue weighted by atomic mass is 9.89. The van der Waals surface area contributed by atoms with Crippen LogP contribution >= 0.6 is 57.4 Å². The van der Waals surface area contributed by atoms with Crippen LogP contribution in [0.4, 0.5) is 21.0 Å². The standard InChI is InChI=1S/C22H27ClN4O3.C17H19ClN4O.C11H6ClIN2O.C11H22N2O2.C5H9NO2/c1-21(2,3)30-20(28)25-22(4)9-11-26(12-10-22)17-13-24-27-18(14-29-19(17)27)15-7-5-6-8-16(15)23;1-17(19)6-8-21(9-7-17)14-10-20-22-15(11-23-16(14)22)12-4-2-3-5-13(12)18;12-8-4-2-1-3-7(8)10-6-16-11-9(13)5-14-15(10)11;1-10(2,3)15-9(14)13-11(4)5-7-12-8-6-11;7-5(8)4-2-1-3-6-4/h5-8,13-14H,9-12H2,1-4H3,(H,25,28);2-5,10-11H,6-9,19H2,1H3;1-6H;12H,5-8H2,1-4H3,(H,13,14);4,6H,1-3H2,(H,7,8)/t;;;;4-/m....0/s1. The van der Waals surface area contributed by atoms with Crippen molar-refractivity contribution >= 4 is 104 Å². The molecule has 26 heteroatoms. The van der Waals surface area contributed by atoms with Gasteiger partial charge in [-0.25, -0.2) is 9.59 Å². The van der Waals surface area contributed by atoms with Crippen molar-refractivity contribution in [1.29, 1.82) is 0 Å². The van der Waals surface area contributed by atoms with Crippen molar-refractivity contribution in [1.82, 2.24) is 50.1 Å². The zero-order chi connectivity index (χ0) is 66.2. The highest BCUT2D eigenvalue weighted by Gasteiger charge is 2.36. The van der Waals surface area contributed by atoms with Crippen molar-refractivity contribution in [3.63, 3.8) is 0 Å². The van der Waals surface area contributed by atoms with Crippen molar-refractivity contribution < 1.29 is 42.2 Å². The zero-order valence-corrected chi connectivity index (χ0v) is 57.9. The maximum atomic E-state index is 12.2. The minimum Gasteiger partial charge on any atom is -0.480 e. The minimum absolute atomic E-state index is 0.0747. The minimum atomic E-state index is -0.720. The van der Waals surface area contributed by atoms with Gasteiger partial charge in [-0.15, -0.1) is 0 Å². The summed E-state index contributed by atoms with van der Waals surface area (Å²) >= 11 is 21.0. The average Bonchev–Trinajstić information content (AvgIpc) is 1.64. The monoisotopic (exact) mass is 1430 g/mol. The molecule has 1 atom stereocenters. The van der Waals surface area contributed by atoms with E-state index < -0.39 is 17.2 Å². The number of nitrogens with two attached hydrogens (primary N) is 1. The summed E-state index contributed by atoms with van der Waals surface area (Å²) in [4.78, 5) is 38.4. The number of oxazole rings is 3. The number of piperidine rings is 3. The zero-order valence-electron chi connectivity index (χ0n) is 53.5. The molecular formula is C66H83Cl3IN13O9. The number of benzene rings is 3. The molecule has 4 aliphatic heterocycles. The lowest BCUT2D eigenvalue weighted by molar-refractivity contribution is -0.139. The number of carboxylic acids is 1. The number of halogens is 4. The molecule has 0 aliphatic carbocycles. The van der Waals surface area contributed by atoms with Gasteiger partial charge >= 0.3 is 18.2 Å². The molecule has 13 rings (SSSR count). The molecule has 22 nitrogen and oxygen atoms in total. The molecule has 9 aromatic rings. The maximum Gasteiger partial charge on any atom is 0.408 e. The quantitative estimate of drug-likeness (QED) is 0.0773. The number of nitrogens with zero attached hydrogens (tertiary/aromatic N) is 8. The van der Waals surface area contributed by atoms with Gasteiger partial charge in [-0.05, 0) is 174 Å². The molecule has 0 bridgehead atoms. The number of nitrogens with one attached hydrogen (secondary N) is 4. The molecule has 0 unspecified atom stereocenters. The molecule has 0 spiro atoms. The SMILES string of the molecule is CC1(N)CCN(c2cnn3c(-c4ccccc4Cl)coc23)CC1.CC1(NC(=O)OC(C)(C)C)CCN(c2cnn3c(-c4ccccc4Cl)coc23)CC1.CC1(NC(=O)OC(C)(C)C)CCNCC1.Clc1ccccc1-c1coc2c(I)cnn12.O=C(O)[C@@H]1CCCN1. The van der Waals surface area contributed by atoms with Crippen LogP contribution in [0.1, 0.15) is 114 Å². The summed E-state index contributed by atoms with van der Waals surface area (Å²) < 4.78 is 34.1. The first-order valence-electron chi connectivity index (χ1n) is 30.8. The van der Waals surface area contributed by atoms with Crippen LogP contribution < -0.4 is 36.8 Å². The Morgan fingerprint density at radius 3 is 1.36 bits per heavy atom. The molecule has 0 saturated carbocycles. The van der Waals surface area contributed by atoms with Crippen LogP contribution in [0.25, 0.3) is 50.9 Å². The van der Waals surface area contributed by atoms with E-state index in [-0.39, 0.29) is 34.8 Å². The van der Waals surface area contributed by atoms with Crippen LogP contribution in [-0.2, 0) is 14.3 Å². The lowest BCUT2D eigenvalue weighted by Gasteiger charge is -2.40. The summed E-state index contributed by atoms with van der Waals surface area (Å²) in [7, 11) is 0. The number of alkyl carbamates (subject to hydrolysis) is 2. The first-order chi connectivity index (χ1) is 43.6. The van der Waals surface area contributed by atoms with Crippen LogP contribution in [0.5, 0.6) is 0 Å². The number of carbonyl (C=O) groups is 3. The molecule has 10 heterocycles. The van der Waals surface area contributed by atoms with Crippen LogP contribution in [0.3, 0.4) is 0 Å². The molecule has 494 valence electrons. The fourth-order valence-corrected chi connectivity index (χ4v) is 12.2. The van der Waals surface area contributed by atoms with Crippen LogP contribution in [0.2, 0.25) is 15.1 Å². The molecule has 92 heavy (non-hydrogen) atoms. The van der Waals surface area contributed by atoms with E-state index in [0.717, 1.165) is 157 Å². The van der Waals surface area contributed by atoms with Gasteiger partial charge in [0, 0.05) is 59.5 Å². The number of carbonyl (C=O) groups excluding carboxylic acids is 2. The summed E-state index contributed by atoms with van der Waals surface area (Å²) in [5.41, 5.74) is 14.2. The second-order valence-corrected chi connectivity index (χ2v) is 28.6. The van der Waals surface area contributed by atoms with E-state index in [1.165, 1.54) is 0 Å². The number of anilines is 2. The first kappa shape index (κ1) is 69.3. The van der Waals surface area contributed by atoms with Crippen molar-refractivity contribution in [3.8, 4) is 33.8 Å². The van der Waals surface area contributed by atoms with Gasteiger partial charge in [-0.1, -0.05) is 89.4 Å². The number of aromatic nitrogens is 6. The van der Waals surface area contributed by atoms with Crippen molar-refractivity contribution in [2.24, 2.45) is 5.73 Å². The van der Waals surface area contributed by atoms with Gasteiger partial charge < -0.3 is 64.6 Å². The van der Waals surface area contributed by atoms with Gasteiger partial charge in [0.15, 0.2) is 0 Å². The molecular weight excluding hydrogens is 1350 g/mol. The third-order valence-electron chi connectivity index (χ3n) is 16.2. The van der Waals surface area contributed by atoms with Crippen molar-refractivity contribution in [2.45, 2.75) is 148 Å². The van der Waals surface area contributed by atoms with Gasteiger partial charge in [-0.2, -0.15) is 28.8 Å². The molecule has 0 radical (unpaired) electrons. The molecule has 7 N–H and O–H groups in total. The molecule has 4 saturated heterocycles. The van der Waals surface area contributed by atoms with Crippen LogP contribution in [0.15, 0.2) is 123 Å². The summed E-state index contributed by atoms with van der Waals surface area (Å²) in [6, 6.07) is 22.7. The largest absolute Gasteiger partial charge is 0.480 e. The van der Waals surface area contributed by atoms with E-state index in [2.05, 4.69) is 89.7 Å². The Morgan fingerprint density at radius 2 is 0.978 bits per heavy atom. The predicted molar refractivity (Wildman–Crippen MR) is 368 cm³/mol. The normalized spacial score (nSPS) is 17.7. The smallest absolute Gasteiger partial charge is 0.408 e. The first-order valence-corrected chi connectivity index (χ1v) is 33.0. The Kier molecular flexibility index (Phi) is 22.3. The summed E-state index contributed by atoms with van der Waals surface area (Å²) in [6.45, 7) is 23.6. The summed E-state index contributed by atoms with van der Waals surface area (Å²) in [5, 5.41) is 35.8. The number of amides is 2. The van der Waals surface area contributed by atoms with Crippen LogP contribution in [0, 0.1) is 3.57 Å². The third kappa shape index (κ3) is 17.8. The van der Waals surface area contributed by atoms with E-state index in [9.17, 15) is 14.4 Å². The van der Waals surface area contributed by atoms with Gasteiger partial charge in [0.1, 0.15) is 64.5 Å². The van der Waals surface area contributed by atoms with Gasteiger partial charge in [0.25, 0.3) is 0 Å². The number of hydrogen-bond acceptors (Lipinski definition) is 16. The number of aliphatic carboxylic acids is 1. The molecule has 4 aliphatic rings. The van der Waals surface area contributed by atoms with E-state index in [4.69, 9.17) is 68.4 Å². The Morgan fingerprint density at radius 1 is 0.598 bits per heavy atom. The van der Waals surface area contributed by atoms with E-state index in [0.29, 0.717) is 20.8 Å². The average molecular weight is 1440 g/mol. The second kappa shape index (κ2) is 29.5. The molecule has 4 fully saturated rings. The lowest BCUT2D eigenvalue weighted by Crippen LogP contribution is -2.54. The highest BCUT2D eigenvalue weighted by atomic mass is 127. The fourth-order valence-electron chi connectivity index (χ4n) is 11.0. The number of rotatable bonds is 8. The molecule has 3 aromatic carbocycles.